The summed E-state index contributed by atoms with van der Waals surface area (Å²) in [4.78, 5) is 16.4. The molecule has 0 radical (unpaired) electrons. The normalized spacial score (nSPS) is 10.5. The number of nitrogens with zero attached hydrogens (tertiary/aromatic N) is 2. The Hall–Kier alpha value is -4.75. The first-order valence-corrected chi connectivity index (χ1v) is 10.8. The number of anilines is 2. The highest BCUT2D eigenvalue weighted by molar-refractivity contribution is 5.99. The molecule has 0 bridgehead atoms. The van der Waals surface area contributed by atoms with Gasteiger partial charge in [0.25, 0.3) is 0 Å². The summed E-state index contributed by atoms with van der Waals surface area (Å²) < 4.78 is 39.1. The molecule has 4 rings (SSSR count). The third kappa shape index (κ3) is 5.84. The summed E-state index contributed by atoms with van der Waals surface area (Å²) >= 11 is 0. The molecule has 8 nitrogen and oxygen atoms in total. The second kappa shape index (κ2) is 11.1. The van der Waals surface area contributed by atoms with Gasteiger partial charge >= 0.3 is 6.03 Å². The number of halogens is 2. The summed E-state index contributed by atoms with van der Waals surface area (Å²) in [6.07, 6.45) is 1.93. The van der Waals surface area contributed by atoms with Gasteiger partial charge in [-0.25, -0.2) is 13.6 Å². The van der Waals surface area contributed by atoms with E-state index in [1.807, 2.05) is 0 Å². The molecule has 0 saturated heterocycles. The summed E-state index contributed by atoms with van der Waals surface area (Å²) in [6.45, 7) is 0.212. The van der Waals surface area contributed by atoms with E-state index in [2.05, 4.69) is 21.7 Å². The van der Waals surface area contributed by atoms with E-state index in [1.54, 1.807) is 18.2 Å². The number of hydrogen-bond acceptors (Lipinski definition) is 6. The zero-order valence-electron chi connectivity index (χ0n) is 18.8. The number of urea groups is 1. The number of ether oxygens (including phenoxy) is 2. The van der Waals surface area contributed by atoms with Crippen LogP contribution in [0.5, 0.6) is 17.2 Å². The number of fused-ring (bicyclic) bond motifs is 1. The number of benzene rings is 3. The maximum absolute atomic E-state index is 14.7. The lowest BCUT2D eigenvalue weighted by Gasteiger charge is -2.13. The minimum atomic E-state index is -0.739. The van der Waals surface area contributed by atoms with E-state index < -0.39 is 17.7 Å². The van der Waals surface area contributed by atoms with Gasteiger partial charge in [0.1, 0.15) is 35.0 Å². The van der Waals surface area contributed by atoms with Crippen molar-refractivity contribution < 1.29 is 28.2 Å². The Morgan fingerprint density at radius 3 is 2.56 bits per heavy atom. The maximum Gasteiger partial charge on any atom is 0.323 e. The number of pyridine rings is 1. The van der Waals surface area contributed by atoms with Crippen LogP contribution in [0, 0.1) is 23.0 Å². The second-order valence-corrected chi connectivity index (χ2v) is 7.54. The van der Waals surface area contributed by atoms with E-state index in [9.17, 15) is 18.8 Å². The van der Waals surface area contributed by atoms with Crippen molar-refractivity contribution in [1.29, 1.82) is 5.26 Å². The standard InChI is InChI=1S/C26H20F2N4O4/c27-17-2-4-18(5-3-17)31-26(34)32-22-7-6-19(13-21(22)28)36-24-8-9-30-23-14-25(35-11-1-10-33)16(15-29)12-20(23)24/h2-9,12-14,33H,1,10-11H2,(H2,31,32,34). The summed E-state index contributed by atoms with van der Waals surface area (Å²) in [5.41, 5.74) is 1.02. The molecule has 0 spiro atoms. The van der Waals surface area contributed by atoms with Gasteiger partial charge in [-0.05, 0) is 48.5 Å². The van der Waals surface area contributed by atoms with Crippen molar-refractivity contribution in [3.8, 4) is 23.3 Å². The number of nitriles is 1. The van der Waals surface area contributed by atoms with Gasteiger partial charge in [0.15, 0.2) is 0 Å². The van der Waals surface area contributed by atoms with Gasteiger partial charge in [0.05, 0.1) is 23.4 Å². The Kier molecular flexibility index (Phi) is 7.53. The molecule has 36 heavy (non-hydrogen) atoms. The Morgan fingerprint density at radius 2 is 1.83 bits per heavy atom. The zero-order chi connectivity index (χ0) is 25.5. The fraction of sp³-hybridized carbons (Fsp3) is 0.115. The number of amides is 2. The summed E-state index contributed by atoms with van der Waals surface area (Å²) in [7, 11) is 0. The van der Waals surface area contributed by atoms with Gasteiger partial charge < -0.3 is 25.2 Å². The van der Waals surface area contributed by atoms with Crippen LogP contribution in [0.1, 0.15) is 12.0 Å². The molecule has 3 aromatic carbocycles. The fourth-order valence-electron chi connectivity index (χ4n) is 3.30. The average Bonchev–Trinajstić information content (AvgIpc) is 2.87. The predicted octanol–water partition coefficient (Wildman–Crippen LogP) is 5.58. The van der Waals surface area contributed by atoms with Crippen molar-refractivity contribution in [3.05, 3.63) is 84.1 Å². The van der Waals surface area contributed by atoms with Gasteiger partial charge in [-0.1, -0.05) is 0 Å². The van der Waals surface area contributed by atoms with Gasteiger partial charge in [-0.3, -0.25) is 4.98 Å². The summed E-state index contributed by atoms with van der Waals surface area (Å²) in [5.74, 6) is -0.347. The van der Waals surface area contributed by atoms with Gasteiger partial charge in [-0.2, -0.15) is 5.26 Å². The van der Waals surface area contributed by atoms with Crippen LogP contribution in [0.15, 0.2) is 66.9 Å². The van der Waals surface area contributed by atoms with Crippen LogP contribution >= 0.6 is 0 Å². The first-order chi connectivity index (χ1) is 17.5. The van der Waals surface area contributed by atoms with Crippen molar-refractivity contribution in [2.24, 2.45) is 0 Å². The third-order valence-electron chi connectivity index (χ3n) is 5.00. The topological polar surface area (TPSA) is 116 Å². The zero-order valence-corrected chi connectivity index (χ0v) is 18.8. The SMILES string of the molecule is N#Cc1cc2c(Oc3ccc(NC(=O)Nc4ccc(F)cc4)c(F)c3)ccnc2cc1OCCCO. The van der Waals surface area contributed by atoms with Gasteiger partial charge in [0.2, 0.25) is 0 Å². The van der Waals surface area contributed by atoms with E-state index in [1.165, 1.54) is 42.6 Å². The lowest BCUT2D eigenvalue weighted by Crippen LogP contribution is -2.20. The highest BCUT2D eigenvalue weighted by Gasteiger charge is 2.13. The molecule has 10 heteroatoms. The molecular formula is C26H20F2N4O4. The second-order valence-electron chi connectivity index (χ2n) is 7.54. The number of aromatic nitrogens is 1. The van der Waals surface area contributed by atoms with Crippen molar-refractivity contribution >= 4 is 28.3 Å². The molecule has 1 heterocycles. The molecule has 1 aromatic heterocycles. The average molecular weight is 490 g/mol. The molecule has 0 atom stereocenters. The number of aliphatic hydroxyl groups is 1. The summed E-state index contributed by atoms with van der Waals surface area (Å²) in [6, 6.07) is 15.2. The molecule has 182 valence electrons. The van der Waals surface area contributed by atoms with Crippen LogP contribution in [-0.4, -0.2) is 29.3 Å². The molecule has 3 N–H and O–H groups in total. The molecule has 0 aliphatic rings. The molecule has 2 amide bonds. The number of rotatable bonds is 8. The number of carbonyl (C=O) groups excluding carboxylic acids is 1. The van der Waals surface area contributed by atoms with E-state index >= 15 is 0 Å². The minimum Gasteiger partial charge on any atom is -0.492 e. The first-order valence-electron chi connectivity index (χ1n) is 10.8. The lowest BCUT2D eigenvalue weighted by molar-refractivity contribution is 0.233. The van der Waals surface area contributed by atoms with Crippen LogP contribution in [0.3, 0.4) is 0 Å². The van der Waals surface area contributed by atoms with Crippen LogP contribution in [0.25, 0.3) is 10.9 Å². The quantitative estimate of drug-likeness (QED) is 0.278. The highest BCUT2D eigenvalue weighted by atomic mass is 19.1. The predicted molar refractivity (Wildman–Crippen MR) is 129 cm³/mol. The Bertz CT molecular complexity index is 1440. The van der Waals surface area contributed by atoms with Crippen molar-refractivity contribution in [1.82, 2.24) is 4.98 Å². The van der Waals surface area contributed by atoms with Crippen LogP contribution in [0.4, 0.5) is 25.0 Å². The van der Waals surface area contributed by atoms with Crippen molar-refractivity contribution in [2.45, 2.75) is 6.42 Å². The molecule has 0 aliphatic carbocycles. The number of nitrogens with one attached hydrogen (secondary N) is 2. The Balaban J connectivity index is 1.50. The summed E-state index contributed by atoms with van der Waals surface area (Å²) in [5, 5.41) is 23.8. The molecule has 4 aromatic rings. The highest BCUT2D eigenvalue weighted by Crippen LogP contribution is 2.34. The molecule has 0 saturated carbocycles. The van der Waals surface area contributed by atoms with Gasteiger partial charge in [-0.15, -0.1) is 0 Å². The number of hydrogen-bond donors (Lipinski definition) is 3. The molecule has 0 aliphatic heterocycles. The Morgan fingerprint density at radius 1 is 1.03 bits per heavy atom. The van der Waals surface area contributed by atoms with Crippen molar-refractivity contribution in [3.63, 3.8) is 0 Å². The maximum atomic E-state index is 14.7. The number of aliphatic hydroxyl groups excluding tert-OH is 1. The lowest BCUT2D eigenvalue weighted by atomic mass is 10.1. The number of carbonyl (C=O) groups is 1. The van der Waals surface area contributed by atoms with E-state index in [0.717, 1.165) is 6.07 Å². The smallest absolute Gasteiger partial charge is 0.323 e. The van der Waals surface area contributed by atoms with Crippen LogP contribution in [-0.2, 0) is 0 Å². The molecule has 0 fully saturated rings. The largest absolute Gasteiger partial charge is 0.492 e. The molecular weight excluding hydrogens is 470 g/mol. The minimum absolute atomic E-state index is 0.0322. The van der Waals surface area contributed by atoms with Crippen molar-refractivity contribution in [2.75, 3.05) is 23.8 Å². The van der Waals surface area contributed by atoms with E-state index in [-0.39, 0.29) is 30.2 Å². The van der Waals surface area contributed by atoms with E-state index in [4.69, 9.17) is 14.6 Å². The Labute approximate surface area is 204 Å². The first kappa shape index (κ1) is 24.4. The van der Waals surface area contributed by atoms with Gasteiger partial charge in [0, 0.05) is 42.4 Å². The monoisotopic (exact) mass is 490 g/mol. The third-order valence-corrected chi connectivity index (χ3v) is 5.00. The van der Waals surface area contributed by atoms with E-state index in [0.29, 0.717) is 34.5 Å². The molecule has 0 unspecified atom stereocenters. The fourth-order valence-corrected chi connectivity index (χ4v) is 3.30. The van der Waals surface area contributed by atoms with Crippen LogP contribution < -0.4 is 20.1 Å². The van der Waals surface area contributed by atoms with Crippen LogP contribution in [0.2, 0.25) is 0 Å².